The molecule has 0 aliphatic carbocycles. The number of hydrogen-bond acceptors (Lipinski definition) is 6. The van der Waals surface area contributed by atoms with Crippen molar-refractivity contribution in [2.75, 3.05) is 5.73 Å². The molecule has 2 aromatic heterocycles. The Kier molecular flexibility index (Phi) is 5.50. The van der Waals surface area contributed by atoms with Gasteiger partial charge in [0, 0.05) is 16.5 Å². The van der Waals surface area contributed by atoms with Gasteiger partial charge in [-0.25, -0.2) is 4.68 Å². The zero-order valence-corrected chi connectivity index (χ0v) is 18.3. The van der Waals surface area contributed by atoms with E-state index in [0.717, 1.165) is 22.4 Å². The average molecular weight is 447 g/mol. The highest BCUT2D eigenvalue weighted by molar-refractivity contribution is 7.14. The van der Waals surface area contributed by atoms with E-state index in [-0.39, 0.29) is 0 Å². The van der Waals surface area contributed by atoms with E-state index in [1.165, 1.54) is 11.3 Å². The second kappa shape index (κ2) is 8.91. The van der Waals surface area contributed by atoms with Crippen LogP contribution in [-0.4, -0.2) is 9.78 Å². The molecule has 0 unspecified atom stereocenters. The van der Waals surface area contributed by atoms with Gasteiger partial charge in [-0.1, -0.05) is 78.9 Å². The molecule has 33 heavy (non-hydrogen) atoms. The predicted octanol–water partition coefficient (Wildman–Crippen LogP) is 7.14. The molecule has 0 aliphatic rings. The Bertz CT molecular complexity index is 1460. The first-order valence-electron chi connectivity index (χ1n) is 10.2. The largest absolute Gasteiger partial charge is 0.382 e. The maximum atomic E-state index is 9.80. The van der Waals surface area contributed by atoms with Crippen LogP contribution in [0.4, 0.5) is 16.5 Å². The van der Waals surface area contributed by atoms with Crippen LogP contribution in [0, 0.1) is 11.3 Å². The molecule has 7 heteroatoms. The minimum Gasteiger partial charge on any atom is -0.382 e. The lowest BCUT2D eigenvalue weighted by Crippen LogP contribution is -2.01. The Labute approximate surface area is 194 Å². The molecule has 0 saturated carbocycles. The first-order valence-corrected chi connectivity index (χ1v) is 11.1. The van der Waals surface area contributed by atoms with Crippen LogP contribution < -0.4 is 5.73 Å². The number of hydrogen-bond donors (Lipinski definition) is 1. The van der Waals surface area contributed by atoms with Crippen LogP contribution in [0.5, 0.6) is 0 Å². The number of aromatic nitrogens is 2. The highest BCUT2D eigenvalue weighted by Gasteiger charge is 2.19. The van der Waals surface area contributed by atoms with Crippen molar-refractivity contribution in [3.05, 3.63) is 102 Å². The number of nitrogen functional groups attached to an aromatic ring is 1. The summed E-state index contributed by atoms with van der Waals surface area (Å²) in [6.45, 7) is 0. The van der Waals surface area contributed by atoms with Crippen molar-refractivity contribution in [1.29, 1.82) is 5.26 Å². The van der Waals surface area contributed by atoms with Crippen LogP contribution in [0.15, 0.2) is 107 Å². The molecule has 0 amide bonds. The van der Waals surface area contributed by atoms with Gasteiger partial charge in [-0.05, 0) is 17.7 Å². The number of rotatable bonds is 5. The van der Waals surface area contributed by atoms with Crippen LogP contribution in [0.1, 0.15) is 5.56 Å². The minimum atomic E-state index is 0.377. The van der Waals surface area contributed by atoms with Gasteiger partial charge in [-0.15, -0.1) is 21.6 Å². The number of para-hydroxylation sites is 1. The zero-order chi connectivity index (χ0) is 22.6. The third kappa shape index (κ3) is 3.91. The molecule has 0 radical (unpaired) electrons. The fourth-order valence-corrected chi connectivity index (χ4v) is 4.38. The monoisotopic (exact) mass is 446 g/mol. The van der Waals surface area contributed by atoms with Gasteiger partial charge in [0.15, 0.2) is 16.5 Å². The van der Waals surface area contributed by atoms with Gasteiger partial charge in [-0.3, -0.25) is 0 Å². The van der Waals surface area contributed by atoms with Crippen LogP contribution in [0.2, 0.25) is 0 Å². The van der Waals surface area contributed by atoms with E-state index in [1.807, 2.05) is 96.4 Å². The van der Waals surface area contributed by atoms with Crippen LogP contribution in [0.25, 0.3) is 28.1 Å². The molecule has 0 fully saturated rings. The van der Waals surface area contributed by atoms with Crippen molar-refractivity contribution < 1.29 is 0 Å². The maximum Gasteiger partial charge on any atom is 0.157 e. The lowest BCUT2D eigenvalue weighted by Gasteiger charge is -2.02. The Morgan fingerprint density at radius 3 is 2.06 bits per heavy atom. The molecule has 2 heterocycles. The summed E-state index contributed by atoms with van der Waals surface area (Å²) in [5, 5.41) is 25.9. The number of thiophene rings is 1. The highest BCUT2D eigenvalue weighted by atomic mass is 32.1. The topological polar surface area (TPSA) is 92.3 Å². The van der Waals surface area contributed by atoms with Gasteiger partial charge in [-0.2, -0.15) is 10.4 Å². The first kappa shape index (κ1) is 20.4. The molecule has 6 nitrogen and oxygen atoms in total. The van der Waals surface area contributed by atoms with Gasteiger partial charge in [0.05, 0.1) is 11.3 Å². The molecule has 3 aromatic carbocycles. The van der Waals surface area contributed by atoms with Crippen molar-refractivity contribution >= 4 is 27.8 Å². The van der Waals surface area contributed by atoms with Gasteiger partial charge in [0.2, 0.25) is 0 Å². The van der Waals surface area contributed by atoms with Gasteiger partial charge in [0.1, 0.15) is 11.8 Å². The molecular weight excluding hydrogens is 428 g/mol. The predicted molar refractivity (Wildman–Crippen MR) is 132 cm³/mol. The summed E-state index contributed by atoms with van der Waals surface area (Å²) in [5.41, 5.74) is 11.6. The quantitative estimate of drug-likeness (QED) is 0.291. The fourth-order valence-electron chi connectivity index (χ4n) is 3.53. The summed E-state index contributed by atoms with van der Waals surface area (Å²) in [7, 11) is 0. The Hall–Kier alpha value is -4.54. The Morgan fingerprint density at radius 1 is 0.818 bits per heavy atom. The second-order valence-corrected chi connectivity index (χ2v) is 8.06. The lowest BCUT2D eigenvalue weighted by atomic mass is 10.1. The average Bonchev–Trinajstić information content (AvgIpc) is 3.44. The number of nitrogens with two attached hydrogens (primary N) is 1. The van der Waals surface area contributed by atoms with E-state index in [2.05, 4.69) is 16.3 Å². The van der Waals surface area contributed by atoms with Crippen molar-refractivity contribution in [3.63, 3.8) is 0 Å². The third-order valence-electron chi connectivity index (χ3n) is 5.15. The zero-order valence-electron chi connectivity index (χ0n) is 17.5. The Balaban J connectivity index is 1.61. The normalized spacial score (nSPS) is 11.0. The second-order valence-electron chi connectivity index (χ2n) is 7.20. The fraction of sp³-hybridized carbons (Fsp3) is 0. The molecule has 2 N–H and O–H groups in total. The summed E-state index contributed by atoms with van der Waals surface area (Å²) in [6.07, 6.45) is 0. The third-order valence-corrected chi connectivity index (χ3v) is 6.01. The molecule has 5 rings (SSSR count). The number of nitrogens with zero attached hydrogens (tertiary/aromatic N) is 5. The smallest absolute Gasteiger partial charge is 0.157 e. The van der Waals surface area contributed by atoms with Crippen LogP contribution in [0.3, 0.4) is 0 Å². The number of azo groups is 1. The molecule has 0 saturated heterocycles. The maximum absolute atomic E-state index is 9.80. The van der Waals surface area contributed by atoms with E-state index in [0.29, 0.717) is 27.8 Å². The van der Waals surface area contributed by atoms with E-state index in [9.17, 15) is 5.26 Å². The van der Waals surface area contributed by atoms with Gasteiger partial charge < -0.3 is 5.73 Å². The first-order chi connectivity index (χ1) is 16.3. The van der Waals surface area contributed by atoms with Gasteiger partial charge >= 0.3 is 0 Å². The molecule has 158 valence electrons. The SMILES string of the molecule is N#Cc1c(-c2ccccc2)csc1N=Nc1c(-c2ccccc2)nn(-c2ccccc2)c1N. The summed E-state index contributed by atoms with van der Waals surface area (Å²) in [4.78, 5) is 0. The standard InChI is InChI=1S/C26H18N6S/c27-16-21-22(18-10-4-1-5-11-18)17-33-26(21)30-29-24-23(19-12-6-2-7-13-19)31-32(25(24)28)20-14-8-3-9-15-20/h1-15,17H,28H2. The number of anilines is 1. The van der Waals surface area contributed by atoms with Crippen molar-refractivity contribution in [2.24, 2.45) is 10.2 Å². The minimum absolute atomic E-state index is 0.377. The van der Waals surface area contributed by atoms with Crippen LogP contribution >= 0.6 is 11.3 Å². The summed E-state index contributed by atoms with van der Waals surface area (Å²) >= 11 is 1.37. The number of nitriles is 1. The summed E-state index contributed by atoms with van der Waals surface area (Å²) in [6, 6.07) is 31.4. The van der Waals surface area contributed by atoms with Crippen molar-refractivity contribution in [2.45, 2.75) is 0 Å². The van der Waals surface area contributed by atoms with E-state index < -0.39 is 0 Å². The van der Waals surface area contributed by atoms with Crippen molar-refractivity contribution in [3.8, 4) is 34.1 Å². The molecule has 0 bridgehead atoms. The van der Waals surface area contributed by atoms with E-state index >= 15 is 0 Å². The number of benzene rings is 3. The summed E-state index contributed by atoms with van der Waals surface area (Å²) < 4.78 is 1.66. The van der Waals surface area contributed by atoms with Crippen molar-refractivity contribution in [1.82, 2.24) is 9.78 Å². The van der Waals surface area contributed by atoms with Crippen LogP contribution in [-0.2, 0) is 0 Å². The molecule has 5 aromatic rings. The molecule has 0 spiro atoms. The molecule has 0 aliphatic heterocycles. The Morgan fingerprint density at radius 2 is 1.42 bits per heavy atom. The molecule has 0 atom stereocenters. The van der Waals surface area contributed by atoms with E-state index in [4.69, 9.17) is 10.8 Å². The van der Waals surface area contributed by atoms with Gasteiger partial charge in [0.25, 0.3) is 0 Å². The highest BCUT2D eigenvalue weighted by Crippen LogP contribution is 2.41. The summed E-state index contributed by atoms with van der Waals surface area (Å²) in [5.74, 6) is 0.377. The molecular formula is C26H18N6S. The lowest BCUT2D eigenvalue weighted by molar-refractivity contribution is 0.895. The van der Waals surface area contributed by atoms with E-state index in [1.54, 1.807) is 4.68 Å².